The van der Waals surface area contributed by atoms with Crippen LogP contribution in [0.15, 0.2) is 24.3 Å². The Hall–Kier alpha value is -2.36. The quantitative estimate of drug-likeness (QED) is 0.933. The van der Waals surface area contributed by atoms with Crippen molar-refractivity contribution in [3.05, 3.63) is 40.7 Å². The van der Waals surface area contributed by atoms with E-state index < -0.39 is 0 Å². The molecule has 0 unspecified atom stereocenters. The average Bonchev–Trinajstić information content (AvgIpc) is 2.59. The van der Waals surface area contributed by atoms with Gasteiger partial charge in [0.1, 0.15) is 17.7 Å². The minimum Gasteiger partial charge on any atom is -0.378 e. The molecule has 0 amide bonds. The maximum absolute atomic E-state index is 8.99. The number of aromatic nitrogens is 2. The second-order valence-corrected chi connectivity index (χ2v) is 5.57. The molecule has 118 valence electrons. The highest BCUT2D eigenvalue weighted by Crippen LogP contribution is 2.23. The Kier molecular flexibility index (Phi) is 4.60. The van der Waals surface area contributed by atoms with Crippen LogP contribution in [0, 0.1) is 18.3 Å². The number of ether oxygens (including phenoxy) is 1. The number of aryl methyl sites for hydroxylation is 1. The summed E-state index contributed by atoms with van der Waals surface area (Å²) in [7, 11) is 0. The number of hydrogen-bond acceptors (Lipinski definition) is 6. The van der Waals surface area contributed by atoms with Crippen LogP contribution in [0.1, 0.15) is 11.4 Å². The van der Waals surface area contributed by atoms with Crippen molar-refractivity contribution in [3.8, 4) is 6.07 Å². The van der Waals surface area contributed by atoms with Crippen LogP contribution in [0.2, 0.25) is 5.02 Å². The van der Waals surface area contributed by atoms with Crippen molar-refractivity contribution < 1.29 is 4.74 Å². The summed E-state index contributed by atoms with van der Waals surface area (Å²) in [4.78, 5) is 11.0. The van der Waals surface area contributed by atoms with E-state index in [0.29, 0.717) is 10.8 Å². The lowest BCUT2D eigenvalue weighted by atomic mass is 10.2. The molecule has 1 saturated heterocycles. The third-order valence-corrected chi connectivity index (χ3v) is 3.93. The molecular formula is C16H16ClN5O. The molecule has 1 aliphatic heterocycles. The largest absolute Gasteiger partial charge is 0.378 e. The summed E-state index contributed by atoms with van der Waals surface area (Å²) >= 11 is 5.90. The first kappa shape index (κ1) is 15.5. The predicted octanol–water partition coefficient (Wildman–Crippen LogP) is 2.89. The number of pyridine rings is 2. The van der Waals surface area contributed by atoms with Gasteiger partial charge in [-0.3, -0.25) is 0 Å². The first-order valence-electron chi connectivity index (χ1n) is 7.31. The smallest absolute Gasteiger partial charge is 0.161 e. The van der Waals surface area contributed by atoms with Gasteiger partial charge in [0, 0.05) is 13.1 Å². The van der Waals surface area contributed by atoms with Gasteiger partial charge in [-0.2, -0.15) is 5.26 Å². The number of rotatable bonds is 3. The van der Waals surface area contributed by atoms with Gasteiger partial charge in [0.2, 0.25) is 0 Å². The zero-order valence-electron chi connectivity index (χ0n) is 12.7. The van der Waals surface area contributed by atoms with Crippen molar-refractivity contribution in [1.82, 2.24) is 9.97 Å². The van der Waals surface area contributed by atoms with E-state index in [-0.39, 0.29) is 5.69 Å². The van der Waals surface area contributed by atoms with Crippen molar-refractivity contribution >= 4 is 28.9 Å². The fourth-order valence-corrected chi connectivity index (χ4v) is 2.52. The highest BCUT2D eigenvalue weighted by molar-refractivity contribution is 6.31. The van der Waals surface area contributed by atoms with Gasteiger partial charge < -0.3 is 15.0 Å². The van der Waals surface area contributed by atoms with Gasteiger partial charge in [-0.15, -0.1) is 0 Å². The van der Waals surface area contributed by atoms with Crippen molar-refractivity contribution in [1.29, 1.82) is 5.26 Å². The fraction of sp³-hybridized carbons (Fsp3) is 0.312. The average molecular weight is 330 g/mol. The maximum atomic E-state index is 8.99. The van der Waals surface area contributed by atoms with Crippen LogP contribution in [0.3, 0.4) is 0 Å². The van der Waals surface area contributed by atoms with Crippen LogP contribution >= 0.6 is 11.6 Å². The van der Waals surface area contributed by atoms with Crippen LogP contribution in [0.25, 0.3) is 0 Å². The Morgan fingerprint density at radius 3 is 2.70 bits per heavy atom. The van der Waals surface area contributed by atoms with Gasteiger partial charge in [-0.05, 0) is 31.2 Å². The van der Waals surface area contributed by atoms with E-state index in [9.17, 15) is 0 Å². The predicted molar refractivity (Wildman–Crippen MR) is 89.3 cm³/mol. The molecule has 6 nitrogen and oxygen atoms in total. The summed E-state index contributed by atoms with van der Waals surface area (Å²) in [6.07, 6.45) is 0. The normalized spacial score (nSPS) is 14.4. The summed E-state index contributed by atoms with van der Waals surface area (Å²) in [5.41, 5.74) is 1.91. The van der Waals surface area contributed by atoms with E-state index in [1.807, 2.05) is 25.1 Å². The topological polar surface area (TPSA) is 74.1 Å². The Labute approximate surface area is 139 Å². The molecular weight excluding hydrogens is 314 g/mol. The zero-order chi connectivity index (χ0) is 16.2. The monoisotopic (exact) mass is 329 g/mol. The lowest BCUT2D eigenvalue weighted by Crippen LogP contribution is -2.36. The van der Waals surface area contributed by atoms with Crippen LogP contribution in [0.4, 0.5) is 17.3 Å². The highest BCUT2D eigenvalue weighted by Gasteiger charge is 2.13. The van der Waals surface area contributed by atoms with Crippen LogP contribution in [-0.2, 0) is 4.74 Å². The van der Waals surface area contributed by atoms with E-state index >= 15 is 0 Å². The lowest BCUT2D eigenvalue weighted by molar-refractivity contribution is 0.122. The van der Waals surface area contributed by atoms with Gasteiger partial charge in [-0.25, -0.2) is 9.97 Å². The number of halogens is 1. The van der Waals surface area contributed by atoms with Crippen LogP contribution in [0.5, 0.6) is 0 Å². The molecule has 0 saturated carbocycles. The van der Waals surface area contributed by atoms with Gasteiger partial charge in [0.25, 0.3) is 0 Å². The number of nitriles is 1. The second kappa shape index (κ2) is 6.82. The third kappa shape index (κ3) is 3.52. The van der Waals surface area contributed by atoms with Crippen molar-refractivity contribution in [2.45, 2.75) is 6.92 Å². The molecule has 7 heteroatoms. The molecule has 0 aromatic carbocycles. The molecule has 1 N–H and O–H groups in total. The molecule has 0 atom stereocenters. The zero-order valence-corrected chi connectivity index (χ0v) is 13.5. The van der Waals surface area contributed by atoms with E-state index in [1.54, 1.807) is 12.1 Å². The molecule has 3 rings (SSSR count). The van der Waals surface area contributed by atoms with E-state index in [1.165, 1.54) is 0 Å². The van der Waals surface area contributed by atoms with Crippen LogP contribution < -0.4 is 10.2 Å². The highest BCUT2D eigenvalue weighted by atomic mass is 35.5. The molecule has 2 aromatic heterocycles. The Bertz CT molecular complexity index is 753. The summed E-state index contributed by atoms with van der Waals surface area (Å²) < 4.78 is 5.36. The Morgan fingerprint density at radius 2 is 2.00 bits per heavy atom. The molecule has 0 aliphatic carbocycles. The summed E-state index contributed by atoms with van der Waals surface area (Å²) in [6.45, 7) is 5.10. The van der Waals surface area contributed by atoms with Gasteiger partial charge >= 0.3 is 0 Å². The number of nitrogens with one attached hydrogen (secondary N) is 1. The second-order valence-electron chi connectivity index (χ2n) is 5.17. The lowest BCUT2D eigenvalue weighted by Gasteiger charge is -2.28. The molecule has 0 radical (unpaired) electrons. The summed E-state index contributed by atoms with van der Waals surface area (Å²) in [5, 5.41) is 12.5. The SMILES string of the molecule is Cc1nc(N2CCOCC2)ccc1Nc1ccc(Cl)c(C#N)n1. The molecule has 0 spiro atoms. The maximum Gasteiger partial charge on any atom is 0.161 e. The number of anilines is 3. The van der Waals surface area contributed by atoms with E-state index in [0.717, 1.165) is 43.5 Å². The molecule has 0 bridgehead atoms. The summed E-state index contributed by atoms with van der Waals surface area (Å²) in [5.74, 6) is 1.51. The van der Waals surface area contributed by atoms with Gasteiger partial charge in [-0.1, -0.05) is 11.6 Å². The van der Waals surface area contributed by atoms with E-state index in [2.05, 4.69) is 20.2 Å². The Balaban J connectivity index is 1.80. The third-order valence-electron chi connectivity index (χ3n) is 3.62. The number of nitrogens with zero attached hydrogens (tertiary/aromatic N) is 4. The molecule has 3 heterocycles. The molecule has 1 fully saturated rings. The first-order valence-corrected chi connectivity index (χ1v) is 7.69. The molecule has 23 heavy (non-hydrogen) atoms. The van der Waals surface area contributed by atoms with Gasteiger partial charge in [0.05, 0.1) is 29.6 Å². The first-order chi connectivity index (χ1) is 11.2. The Morgan fingerprint density at radius 1 is 1.22 bits per heavy atom. The molecule has 2 aromatic rings. The van der Waals surface area contributed by atoms with Gasteiger partial charge in [0.15, 0.2) is 5.69 Å². The van der Waals surface area contributed by atoms with E-state index in [4.69, 9.17) is 21.6 Å². The van der Waals surface area contributed by atoms with Crippen molar-refractivity contribution in [2.75, 3.05) is 36.5 Å². The summed E-state index contributed by atoms with van der Waals surface area (Å²) in [6, 6.07) is 9.30. The number of morpholine rings is 1. The fourth-order valence-electron chi connectivity index (χ4n) is 2.38. The van der Waals surface area contributed by atoms with Crippen LogP contribution in [-0.4, -0.2) is 36.3 Å². The number of hydrogen-bond donors (Lipinski definition) is 1. The standard InChI is InChI=1S/C16H16ClN5O/c1-11-13(20-15-4-2-12(17)14(10-18)21-15)3-5-16(19-11)22-6-8-23-9-7-22/h2-5H,6-9H2,1H3,(H,20,21). The van der Waals surface area contributed by atoms with Crippen molar-refractivity contribution in [2.24, 2.45) is 0 Å². The van der Waals surface area contributed by atoms with Crippen molar-refractivity contribution in [3.63, 3.8) is 0 Å². The minimum absolute atomic E-state index is 0.201. The molecule has 1 aliphatic rings. The minimum atomic E-state index is 0.201.